The Morgan fingerprint density at radius 2 is 1.71 bits per heavy atom. The minimum Gasteiger partial charge on any atom is -0.497 e. The second-order valence-corrected chi connectivity index (χ2v) is 7.45. The molecule has 0 saturated heterocycles. The van der Waals surface area contributed by atoms with E-state index in [1.165, 1.54) is 18.4 Å². The van der Waals surface area contributed by atoms with Crippen molar-refractivity contribution in [1.82, 2.24) is 0 Å². The van der Waals surface area contributed by atoms with Crippen molar-refractivity contribution in [2.45, 2.75) is 10.3 Å². The Labute approximate surface area is 134 Å². The lowest BCUT2D eigenvalue weighted by molar-refractivity contribution is 0.414. The van der Waals surface area contributed by atoms with Crippen LogP contribution in [-0.2, 0) is 9.84 Å². The number of hydrogen-bond donors (Lipinski definition) is 0. The summed E-state index contributed by atoms with van der Waals surface area (Å²) in [5, 5.41) is 0.0403. The van der Waals surface area contributed by atoms with E-state index in [4.69, 9.17) is 27.9 Å². The van der Waals surface area contributed by atoms with Crippen molar-refractivity contribution in [2.75, 3.05) is 13.4 Å². The molecule has 2 aromatic rings. The van der Waals surface area contributed by atoms with E-state index < -0.39 is 15.2 Å². The van der Waals surface area contributed by atoms with E-state index in [1.54, 1.807) is 37.4 Å². The largest absolute Gasteiger partial charge is 0.497 e. The van der Waals surface area contributed by atoms with Crippen molar-refractivity contribution < 1.29 is 13.2 Å². The van der Waals surface area contributed by atoms with Crippen molar-refractivity contribution in [3.63, 3.8) is 0 Å². The minimum atomic E-state index is -3.21. The molecule has 0 saturated carbocycles. The quantitative estimate of drug-likeness (QED) is 0.785. The molecule has 0 bridgehead atoms. The van der Waals surface area contributed by atoms with Crippen LogP contribution < -0.4 is 4.74 Å². The van der Waals surface area contributed by atoms with Crippen LogP contribution in [0.2, 0.25) is 5.02 Å². The maximum Gasteiger partial charge on any atom is 0.175 e. The second-order valence-electron chi connectivity index (χ2n) is 4.59. The van der Waals surface area contributed by atoms with E-state index in [2.05, 4.69) is 0 Å². The predicted molar refractivity (Wildman–Crippen MR) is 85.3 cm³/mol. The molecular formula is C15H14Cl2O3S. The molecule has 0 spiro atoms. The Hall–Kier alpha value is -1.23. The number of ether oxygens (including phenoxy) is 1. The summed E-state index contributed by atoms with van der Waals surface area (Å²) in [6.45, 7) is 0. The third kappa shape index (κ3) is 3.70. The van der Waals surface area contributed by atoms with Crippen molar-refractivity contribution >= 4 is 33.0 Å². The molecule has 0 heterocycles. The third-order valence-electron chi connectivity index (χ3n) is 3.08. The van der Waals surface area contributed by atoms with Crippen molar-refractivity contribution in [3.05, 3.63) is 58.6 Å². The molecule has 21 heavy (non-hydrogen) atoms. The van der Waals surface area contributed by atoms with Crippen molar-refractivity contribution in [3.8, 4) is 5.75 Å². The first-order valence-corrected chi connectivity index (χ1v) is 8.81. The molecule has 3 nitrogen and oxygen atoms in total. The lowest BCUT2D eigenvalue weighted by Gasteiger charge is -2.13. The fraction of sp³-hybridized carbons (Fsp3) is 0.200. The van der Waals surface area contributed by atoms with E-state index in [9.17, 15) is 8.42 Å². The molecule has 0 radical (unpaired) electrons. The van der Waals surface area contributed by atoms with Crippen LogP contribution in [0.5, 0.6) is 5.75 Å². The number of rotatable bonds is 4. The van der Waals surface area contributed by atoms with Gasteiger partial charge in [-0.15, -0.1) is 11.6 Å². The third-order valence-corrected chi connectivity index (χ3v) is 5.02. The Kier molecular flexibility index (Phi) is 4.81. The Bertz CT molecular complexity index is 740. The van der Waals surface area contributed by atoms with Gasteiger partial charge < -0.3 is 4.74 Å². The first-order chi connectivity index (χ1) is 9.82. The summed E-state index contributed by atoms with van der Waals surface area (Å²) in [4.78, 5) is 0.260. The zero-order valence-electron chi connectivity index (χ0n) is 11.5. The minimum absolute atomic E-state index is 0.260. The highest BCUT2D eigenvalue weighted by Crippen LogP contribution is 2.35. The number of alkyl halides is 1. The molecule has 2 rings (SSSR count). The topological polar surface area (TPSA) is 43.4 Å². The molecule has 0 fully saturated rings. The van der Waals surface area contributed by atoms with Gasteiger partial charge >= 0.3 is 0 Å². The smallest absolute Gasteiger partial charge is 0.175 e. The molecule has 1 unspecified atom stereocenters. The summed E-state index contributed by atoms with van der Waals surface area (Å²) in [6.07, 6.45) is 1.17. The molecule has 0 aromatic heterocycles. The average molecular weight is 345 g/mol. The van der Waals surface area contributed by atoms with Crippen molar-refractivity contribution in [2.24, 2.45) is 0 Å². The summed E-state index contributed by atoms with van der Waals surface area (Å²) in [6, 6.07) is 11.7. The summed E-state index contributed by atoms with van der Waals surface area (Å²) < 4.78 is 28.0. The maximum absolute atomic E-state index is 11.4. The number of halogens is 2. The van der Waals surface area contributed by atoms with Gasteiger partial charge in [-0.1, -0.05) is 29.8 Å². The molecule has 0 amide bonds. The van der Waals surface area contributed by atoms with E-state index in [1.807, 2.05) is 0 Å². The van der Waals surface area contributed by atoms with E-state index >= 15 is 0 Å². The number of benzene rings is 2. The van der Waals surface area contributed by atoms with Crippen LogP contribution in [0.15, 0.2) is 47.4 Å². The Morgan fingerprint density at radius 3 is 2.19 bits per heavy atom. The van der Waals surface area contributed by atoms with E-state index in [0.29, 0.717) is 10.8 Å². The molecule has 0 aliphatic carbocycles. The average Bonchev–Trinajstić information content (AvgIpc) is 2.45. The highest BCUT2D eigenvalue weighted by molar-refractivity contribution is 7.90. The molecule has 6 heteroatoms. The maximum atomic E-state index is 11.4. The Balaban J connectivity index is 2.34. The van der Waals surface area contributed by atoms with Crippen molar-refractivity contribution in [1.29, 1.82) is 0 Å². The van der Waals surface area contributed by atoms with Crippen LogP contribution in [-0.4, -0.2) is 21.8 Å². The zero-order chi connectivity index (χ0) is 15.6. The zero-order valence-corrected chi connectivity index (χ0v) is 13.8. The van der Waals surface area contributed by atoms with Gasteiger partial charge in [0.25, 0.3) is 0 Å². The first kappa shape index (κ1) is 16.1. The standard InChI is InChI=1S/C15H14Cl2O3S/c1-20-11-5-8-13(14(16)9-11)15(17)10-3-6-12(7-4-10)21(2,18)19/h3-9,15H,1-2H3. The van der Waals surface area contributed by atoms with Crippen LogP contribution in [0.4, 0.5) is 0 Å². The fourth-order valence-corrected chi connectivity index (χ4v) is 3.21. The predicted octanol–water partition coefficient (Wildman–Crippen LogP) is 4.08. The van der Waals surface area contributed by atoms with Gasteiger partial charge in [0.1, 0.15) is 5.75 Å². The normalized spacial score (nSPS) is 13.0. The lowest BCUT2D eigenvalue weighted by Crippen LogP contribution is -1.99. The molecule has 2 aromatic carbocycles. The molecule has 0 aliphatic rings. The number of sulfone groups is 1. The SMILES string of the molecule is COc1ccc(C(Cl)c2ccc(S(C)(=O)=O)cc2)c(Cl)c1. The molecule has 0 N–H and O–H groups in total. The first-order valence-electron chi connectivity index (χ1n) is 6.10. The van der Waals surface area contributed by atoms with Gasteiger partial charge in [-0.2, -0.15) is 0 Å². The van der Waals surface area contributed by atoms with Crippen LogP contribution in [0, 0.1) is 0 Å². The van der Waals surface area contributed by atoms with E-state index in [0.717, 1.165) is 11.1 Å². The highest BCUT2D eigenvalue weighted by atomic mass is 35.5. The van der Waals surface area contributed by atoms with Gasteiger partial charge in [-0.3, -0.25) is 0 Å². The molecule has 1 atom stereocenters. The van der Waals surface area contributed by atoms with Gasteiger partial charge in [-0.25, -0.2) is 8.42 Å². The van der Waals surface area contributed by atoms with Gasteiger partial charge in [0.05, 0.1) is 17.4 Å². The molecule has 112 valence electrons. The molecule has 0 aliphatic heterocycles. The summed E-state index contributed by atoms with van der Waals surface area (Å²) in [5.74, 6) is 0.653. The van der Waals surface area contributed by atoms with Gasteiger partial charge in [-0.05, 0) is 35.4 Å². The number of methoxy groups -OCH3 is 1. The summed E-state index contributed by atoms with van der Waals surface area (Å²) >= 11 is 12.6. The monoisotopic (exact) mass is 344 g/mol. The van der Waals surface area contributed by atoms with Crippen LogP contribution >= 0.6 is 23.2 Å². The van der Waals surface area contributed by atoms with Crippen LogP contribution in [0.3, 0.4) is 0 Å². The van der Waals surface area contributed by atoms with Crippen LogP contribution in [0.1, 0.15) is 16.5 Å². The highest BCUT2D eigenvalue weighted by Gasteiger charge is 2.16. The Morgan fingerprint density at radius 1 is 1.10 bits per heavy atom. The van der Waals surface area contributed by atoms with Gasteiger partial charge in [0.2, 0.25) is 0 Å². The summed E-state index contributed by atoms with van der Waals surface area (Å²) in [7, 11) is -1.65. The van der Waals surface area contributed by atoms with E-state index in [-0.39, 0.29) is 4.90 Å². The molecular weight excluding hydrogens is 331 g/mol. The summed E-state index contributed by atoms with van der Waals surface area (Å²) in [5.41, 5.74) is 1.52. The fourth-order valence-electron chi connectivity index (χ4n) is 1.90. The second kappa shape index (κ2) is 6.26. The number of hydrogen-bond acceptors (Lipinski definition) is 3. The van der Waals surface area contributed by atoms with Crippen LogP contribution in [0.25, 0.3) is 0 Å². The lowest BCUT2D eigenvalue weighted by atomic mass is 10.0. The van der Waals surface area contributed by atoms with Gasteiger partial charge in [0.15, 0.2) is 9.84 Å². The van der Waals surface area contributed by atoms with Gasteiger partial charge in [0, 0.05) is 11.3 Å².